The van der Waals surface area contributed by atoms with Gasteiger partial charge in [-0.2, -0.15) is 21.6 Å². The van der Waals surface area contributed by atoms with Gasteiger partial charge in [0.2, 0.25) is 10.3 Å². The Bertz CT molecular complexity index is 707. The summed E-state index contributed by atoms with van der Waals surface area (Å²) in [5.74, 6) is 0. The van der Waals surface area contributed by atoms with E-state index in [4.69, 9.17) is 11.6 Å². The Morgan fingerprint density at radius 3 is 2.16 bits per heavy atom. The van der Waals surface area contributed by atoms with Crippen molar-refractivity contribution < 1.29 is 21.6 Å². The third kappa shape index (κ3) is 2.71. The number of aliphatic imine (C=N–C) groups is 1. The minimum absolute atomic E-state index is 0.0911. The van der Waals surface area contributed by atoms with Crippen LogP contribution >= 0.6 is 11.6 Å². The smallest absolute Gasteiger partial charge is 0.239 e. The highest BCUT2D eigenvalue weighted by atomic mass is 35.5. The average molecular weight is 308 g/mol. The molecule has 0 radical (unpaired) electrons. The predicted octanol–water partition coefficient (Wildman–Crippen LogP) is 2.75. The van der Waals surface area contributed by atoms with Crippen molar-refractivity contribution in [3.8, 4) is 0 Å². The molecular formula is C11H5ClF3NO2S. The molecule has 8 heteroatoms. The quantitative estimate of drug-likeness (QED) is 0.749. The zero-order valence-corrected chi connectivity index (χ0v) is 10.6. The molecule has 0 N–H and O–H groups in total. The monoisotopic (exact) mass is 307 g/mol. The van der Waals surface area contributed by atoms with Gasteiger partial charge in [-0.05, 0) is 17.7 Å². The highest BCUT2D eigenvalue weighted by Gasteiger charge is 2.39. The van der Waals surface area contributed by atoms with Crippen LogP contribution in [0.1, 0.15) is 5.56 Å². The molecule has 1 aromatic carbocycles. The van der Waals surface area contributed by atoms with E-state index in [1.165, 1.54) is 24.3 Å². The Balaban J connectivity index is 2.73. The number of hydrogen-bond donors (Lipinski definition) is 0. The fourth-order valence-electron chi connectivity index (χ4n) is 1.60. The van der Waals surface area contributed by atoms with Gasteiger partial charge in [-0.1, -0.05) is 23.7 Å². The molecule has 0 fully saturated rings. The van der Waals surface area contributed by atoms with Gasteiger partial charge in [-0.15, -0.1) is 0 Å². The van der Waals surface area contributed by atoms with Gasteiger partial charge in [0.25, 0.3) is 0 Å². The largest absolute Gasteiger partial charge is 0.418 e. The van der Waals surface area contributed by atoms with Gasteiger partial charge in [-0.3, -0.25) is 0 Å². The molecule has 3 nitrogen and oxygen atoms in total. The van der Waals surface area contributed by atoms with Crippen molar-refractivity contribution >= 4 is 38.7 Å². The highest BCUT2D eigenvalue weighted by Crippen LogP contribution is 2.35. The summed E-state index contributed by atoms with van der Waals surface area (Å²) in [6.45, 7) is 0. The van der Waals surface area contributed by atoms with Gasteiger partial charge < -0.3 is 0 Å². The van der Waals surface area contributed by atoms with Gasteiger partial charge in [0.05, 0.1) is 5.57 Å². The SMILES string of the molecule is O=S(=O)=C1N=CC(C(F)(F)F)=C1c1ccc(Cl)cc1. The van der Waals surface area contributed by atoms with Crippen LogP contribution in [-0.4, -0.2) is 25.8 Å². The van der Waals surface area contributed by atoms with Gasteiger partial charge in [0, 0.05) is 16.8 Å². The van der Waals surface area contributed by atoms with E-state index in [2.05, 4.69) is 4.99 Å². The van der Waals surface area contributed by atoms with Crippen molar-refractivity contribution in [2.24, 2.45) is 4.99 Å². The molecule has 0 spiro atoms. The Morgan fingerprint density at radius 1 is 1.11 bits per heavy atom. The summed E-state index contributed by atoms with van der Waals surface area (Å²) < 4.78 is 60.4. The minimum Gasteiger partial charge on any atom is -0.239 e. The molecule has 2 rings (SSSR count). The fraction of sp³-hybridized carbons (Fsp3) is 0.0909. The second-order valence-corrected chi connectivity index (χ2v) is 4.88. The molecule has 0 aromatic heterocycles. The lowest BCUT2D eigenvalue weighted by atomic mass is 10.0. The molecule has 0 saturated heterocycles. The van der Waals surface area contributed by atoms with Crippen molar-refractivity contribution in [2.45, 2.75) is 6.18 Å². The van der Waals surface area contributed by atoms with Crippen LogP contribution in [-0.2, 0) is 10.3 Å². The van der Waals surface area contributed by atoms with Crippen molar-refractivity contribution in [3.05, 3.63) is 40.4 Å². The van der Waals surface area contributed by atoms with Gasteiger partial charge in [0.15, 0.2) is 4.99 Å². The van der Waals surface area contributed by atoms with E-state index in [9.17, 15) is 21.6 Å². The van der Waals surface area contributed by atoms with Gasteiger partial charge in [0.1, 0.15) is 0 Å². The number of halogens is 4. The van der Waals surface area contributed by atoms with E-state index in [-0.39, 0.29) is 5.56 Å². The summed E-state index contributed by atoms with van der Waals surface area (Å²) in [5, 5.41) is 0.335. The summed E-state index contributed by atoms with van der Waals surface area (Å²) in [7, 11) is -2.85. The molecule has 0 aliphatic carbocycles. The molecule has 1 aromatic rings. The second kappa shape index (κ2) is 4.82. The van der Waals surface area contributed by atoms with E-state index in [1.807, 2.05) is 0 Å². The average Bonchev–Trinajstić information content (AvgIpc) is 2.74. The first-order valence-corrected chi connectivity index (χ1v) is 6.34. The molecule has 0 bridgehead atoms. The van der Waals surface area contributed by atoms with Crippen molar-refractivity contribution in [2.75, 3.05) is 0 Å². The number of allylic oxidation sites excluding steroid dienone is 1. The minimum atomic E-state index is -4.68. The lowest BCUT2D eigenvalue weighted by molar-refractivity contribution is -0.0847. The van der Waals surface area contributed by atoms with Crippen LogP contribution in [0.4, 0.5) is 13.2 Å². The molecule has 1 heterocycles. The number of rotatable bonds is 1. The Labute approximate surface area is 112 Å². The van der Waals surface area contributed by atoms with E-state index >= 15 is 0 Å². The maximum Gasteiger partial charge on any atom is 0.418 e. The molecule has 0 atom stereocenters. The van der Waals surface area contributed by atoms with Crippen LogP contribution in [0.5, 0.6) is 0 Å². The topological polar surface area (TPSA) is 46.5 Å². The van der Waals surface area contributed by atoms with E-state index < -0.39 is 32.6 Å². The third-order valence-electron chi connectivity index (χ3n) is 2.39. The van der Waals surface area contributed by atoms with E-state index in [0.717, 1.165) is 0 Å². The van der Waals surface area contributed by atoms with Crippen LogP contribution < -0.4 is 0 Å². The number of nitrogens with zero attached hydrogens (tertiary/aromatic N) is 1. The van der Waals surface area contributed by atoms with Crippen molar-refractivity contribution in [3.63, 3.8) is 0 Å². The van der Waals surface area contributed by atoms with Crippen LogP contribution in [0.25, 0.3) is 5.57 Å². The van der Waals surface area contributed by atoms with Crippen LogP contribution in [0, 0.1) is 0 Å². The lowest BCUT2D eigenvalue weighted by Gasteiger charge is -2.09. The summed E-state index contributed by atoms with van der Waals surface area (Å²) in [6, 6.07) is 5.37. The standard InChI is InChI=1S/C11H5ClF3NO2S/c12-7-3-1-6(2-4-7)9-8(11(13,14)15)5-16-10(9)19(17)18/h1-5H. The Kier molecular flexibility index (Phi) is 3.51. The number of benzene rings is 1. The predicted molar refractivity (Wildman–Crippen MR) is 66.8 cm³/mol. The molecular weight excluding hydrogens is 303 g/mol. The normalized spacial score (nSPS) is 15.3. The molecule has 0 unspecified atom stereocenters. The van der Waals surface area contributed by atoms with E-state index in [1.54, 1.807) is 0 Å². The fourth-order valence-corrected chi connectivity index (χ4v) is 2.26. The zero-order valence-electron chi connectivity index (χ0n) is 9.07. The first-order valence-electron chi connectivity index (χ1n) is 4.89. The maximum absolute atomic E-state index is 12.8. The number of alkyl halides is 3. The van der Waals surface area contributed by atoms with Crippen molar-refractivity contribution in [1.82, 2.24) is 0 Å². The summed E-state index contributed by atoms with van der Waals surface area (Å²) in [6.07, 6.45) is -4.17. The zero-order chi connectivity index (χ0) is 14.2. The summed E-state index contributed by atoms with van der Waals surface area (Å²) in [5.41, 5.74) is -1.46. The Morgan fingerprint density at radius 2 is 1.68 bits per heavy atom. The van der Waals surface area contributed by atoms with E-state index in [0.29, 0.717) is 11.2 Å². The highest BCUT2D eigenvalue weighted by molar-refractivity contribution is 7.74. The van der Waals surface area contributed by atoms with Gasteiger partial charge >= 0.3 is 6.18 Å². The van der Waals surface area contributed by atoms with Crippen molar-refractivity contribution in [1.29, 1.82) is 0 Å². The lowest BCUT2D eigenvalue weighted by Crippen LogP contribution is -2.14. The summed E-state index contributed by atoms with van der Waals surface area (Å²) in [4.78, 5) is 2.69. The molecule has 1 aliphatic heterocycles. The first kappa shape index (κ1) is 13.8. The van der Waals surface area contributed by atoms with Crippen LogP contribution in [0.3, 0.4) is 0 Å². The summed E-state index contributed by atoms with van der Waals surface area (Å²) >= 11 is 5.65. The number of hydrogen-bond acceptors (Lipinski definition) is 2. The van der Waals surface area contributed by atoms with Crippen LogP contribution in [0.2, 0.25) is 5.02 Å². The molecule has 100 valence electrons. The van der Waals surface area contributed by atoms with Crippen LogP contribution in [0.15, 0.2) is 34.8 Å². The maximum atomic E-state index is 12.8. The first-order chi connectivity index (χ1) is 8.80. The molecule has 0 amide bonds. The van der Waals surface area contributed by atoms with Gasteiger partial charge in [-0.25, -0.2) is 4.99 Å². The molecule has 0 saturated carbocycles. The Hall–Kier alpha value is -1.60. The molecule has 1 aliphatic rings. The third-order valence-corrected chi connectivity index (χ3v) is 3.27. The second-order valence-electron chi connectivity index (χ2n) is 3.59. The molecule has 19 heavy (non-hydrogen) atoms.